The predicted molar refractivity (Wildman–Crippen MR) is 71.6 cm³/mol. The Labute approximate surface area is 169 Å². The van der Waals surface area contributed by atoms with Gasteiger partial charge in [0, 0.05) is 95.0 Å². The Morgan fingerprint density at radius 1 is 1.11 bits per heavy atom. The largest absolute Gasteiger partial charge is 0.787 e. The van der Waals surface area contributed by atoms with Gasteiger partial charge in [-0.2, -0.15) is 0 Å². The Bertz CT molecular complexity index is 341. The summed E-state index contributed by atoms with van der Waals surface area (Å²) in [4.78, 5) is 13.5. The van der Waals surface area contributed by atoms with Crippen molar-refractivity contribution in [1.29, 1.82) is 0 Å². The second-order valence-corrected chi connectivity index (χ2v) is 3.63. The van der Waals surface area contributed by atoms with Gasteiger partial charge in [-0.3, -0.25) is 6.26 Å². The maximum absolute atomic E-state index is 4.70. The van der Waals surface area contributed by atoms with Gasteiger partial charge in [-0.15, -0.1) is 5.75 Å². The molecule has 0 unspecified atom stereocenters. The molecular formula is C10H16N4S2Y2-2. The molecule has 0 bridgehead atoms. The van der Waals surface area contributed by atoms with E-state index < -0.39 is 0 Å². The second kappa shape index (κ2) is 16.4. The van der Waals surface area contributed by atoms with E-state index in [1.165, 1.54) is 11.8 Å². The van der Waals surface area contributed by atoms with Crippen LogP contribution in [0, 0.1) is 6.26 Å². The first-order valence-electron chi connectivity index (χ1n) is 4.26. The molecule has 0 aliphatic carbocycles. The number of hydrogen-bond acceptors (Lipinski definition) is 4. The zero-order valence-corrected chi connectivity index (χ0v) is 16.6. The molecule has 2 rings (SSSR count). The molecule has 0 aliphatic heterocycles. The number of rotatable bonds is 3. The van der Waals surface area contributed by atoms with Crippen LogP contribution in [-0.2, 0) is 89.6 Å². The van der Waals surface area contributed by atoms with E-state index in [2.05, 4.69) is 26.2 Å². The molecule has 0 aromatic carbocycles. The fourth-order valence-corrected chi connectivity index (χ4v) is 1.37. The van der Waals surface area contributed by atoms with Crippen molar-refractivity contribution in [3.63, 3.8) is 0 Å². The fraction of sp³-hybridized carbons (Fsp3) is 0.300. The Hall–Kier alpha value is 1.33. The molecule has 0 aliphatic rings. The Kier molecular flexibility index (Phi) is 22.2. The van der Waals surface area contributed by atoms with E-state index in [0.29, 0.717) is 5.75 Å². The molecule has 2 aromatic rings. The molecule has 0 spiro atoms. The first-order chi connectivity index (χ1) is 7.36. The molecule has 0 amide bonds. The van der Waals surface area contributed by atoms with Crippen LogP contribution in [0.25, 0.3) is 0 Å². The van der Waals surface area contributed by atoms with Gasteiger partial charge in [0.15, 0.2) is 0 Å². The molecule has 0 saturated carbocycles. The standard InChI is InChI=1S/C5H7N2S.C4H6N2S.CH4.2Y/c1-8-3-5-2-6-4-7-5;7-2-4-1-5-3-6-4;;;/h2,4H,1,3H2,(H,6,7);1,3,7H,2H2,(H,5,6);1H4;;/q-1;;;;/p-1. The third-order valence-electron chi connectivity index (χ3n) is 1.52. The summed E-state index contributed by atoms with van der Waals surface area (Å²) in [6.07, 6.45) is 10.5. The molecular weight excluding hydrogens is 418 g/mol. The quantitative estimate of drug-likeness (QED) is 0.576. The first-order valence-corrected chi connectivity index (χ1v) is 5.99. The number of hydrogen-bond donors (Lipinski definition) is 2. The van der Waals surface area contributed by atoms with Crippen molar-refractivity contribution in [3.8, 4) is 0 Å². The van der Waals surface area contributed by atoms with E-state index in [4.69, 9.17) is 12.6 Å². The number of thioether (sulfide) groups is 1. The van der Waals surface area contributed by atoms with Gasteiger partial charge in [-0.25, -0.2) is 9.97 Å². The molecule has 2 N–H and O–H groups in total. The predicted octanol–water partition coefficient (Wildman–Crippen LogP) is 2.52. The van der Waals surface area contributed by atoms with Crippen LogP contribution < -0.4 is 0 Å². The van der Waals surface area contributed by atoms with E-state index in [1.807, 2.05) is 0 Å². The van der Waals surface area contributed by atoms with Crippen molar-refractivity contribution in [1.82, 2.24) is 19.9 Å². The van der Waals surface area contributed by atoms with Gasteiger partial charge in [0.2, 0.25) is 0 Å². The van der Waals surface area contributed by atoms with Crippen LogP contribution >= 0.6 is 11.8 Å². The van der Waals surface area contributed by atoms with Gasteiger partial charge in [0.1, 0.15) is 0 Å². The summed E-state index contributed by atoms with van der Waals surface area (Å²) in [6, 6.07) is 0. The van der Waals surface area contributed by atoms with Crippen LogP contribution in [0.2, 0.25) is 0 Å². The number of nitrogens with one attached hydrogen (secondary N) is 2. The summed E-state index contributed by atoms with van der Waals surface area (Å²) < 4.78 is 0. The summed E-state index contributed by atoms with van der Waals surface area (Å²) >= 11 is 6.24. The average Bonchev–Trinajstić information content (AvgIpc) is 2.91. The van der Waals surface area contributed by atoms with E-state index in [1.54, 1.807) is 25.0 Å². The minimum absolute atomic E-state index is 0. The van der Waals surface area contributed by atoms with Crippen LogP contribution in [0.3, 0.4) is 0 Å². The molecule has 2 radical (unpaired) electrons. The van der Waals surface area contributed by atoms with Gasteiger partial charge in [-0.05, 0) is 0 Å². The van der Waals surface area contributed by atoms with Crippen molar-refractivity contribution < 1.29 is 65.4 Å². The summed E-state index contributed by atoms with van der Waals surface area (Å²) in [7, 11) is 0. The zero-order valence-electron chi connectivity index (χ0n) is 9.30. The minimum atomic E-state index is 0. The van der Waals surface area contributed by atoms with Gasteiger partial charge in [0.25, 0.3) is 0 Å². The van der Waals surface area contributed by atoms with E-state index in [0.717, 1.165) is 17.1 Å². The maximum Gasteiger partial charge on any atom is 0.0921 e. The summed E-state index contributed by atoms with van der Waals surface area (Å²) in [5.74, 6) is 1.54. The number of aromatic amines is 2. The minimum Gasteiger partial charge on any atom is -0.787 e. The summed E-state index contributed by atoms with van der Waals surface area (Å²) in [6.45, 7) is 0. The SMILES string of the molecule is C.[CH2-]SCc1cnc[nH]1.[S-]Cc1cnc[nH]1.[Y].[Y]. The van der Waals surface area contributed by atoms with E-state index >= 15 is 0 Å². The maximum atomic E-state index is 4.70. The van der Waals surface area contributed by atoms with Crippen LogP contribution in [0.5, 0.6) is 0 Å². The monoisotopic (exact) mass is 434 g/mol. The third kappa shape index (κ3) is 11.2. The third-order valence-corrected chi connectivity index (χ3v) is 2.35. The molecule has 2 aromatic heterocycles. The fourth-order valence-electron chi connectivity index (χ4n) is 0.837. The average molecular weight is 434 g/mol. The van der Waals surface area contributed by atoms with Gasteiger partial charge < -0.3 is 34.4 Å². The molecule has 0 atom stereocenters. The molecule has 8 heteroatoms. The van der Waals surface area contributed by atoms with Gasteiger partial charge in [-0.1, -0.05) is 7.43 Å². The zero-order chi connectivity index (χ0) is 10.9. The van der Waals surface area contributed by atoms with Crippen molar-refractivity contribution in [3.05, 3.63) is 42.7 Å². The van der Waals surface area contributed by atoms with Crippen LogP contribution in [0.4, 0.5) is 0 Å². The van der Waals surface area contributed by atoms with Gasteiger partial charge in [0.05, 0.1) is 12.7 Å². The van der Waals surface area contributed by atoms with Crippen LogP contribution in [0.15, 0.2) is 25.0 Å². The number of imidazole rings is 2. The number of H-pyrrole nitrogens is 2. The van der Waals surface area contributed by atoms with Crippen LogP contribution in [0.1, 0.15) is 18.8 Å². The molecule has 0 fully saturated rings. The molecule has 0 saturated heterocycles. The normalized spacial score (nSPS) is 7.89. The van der Waals surface area contributed by atoms with Crippen molar-refractivity contribution in [2.24, 2.45) is 0 Å². The van der Waals surface area contributed by atoms with Gasteiger partial charge >= 0.3 is 0 Å². The Morgan fingerprint density at radius 2 is 1.61 bits per heavy atom. The molecule has 18 heavy (non-hydrogen) atoms. The Morgan fingerprint density at radius 3 is 1.89 bits per heavy atom. The van der Waals surface area contributed by atoms with Crippen molar-refractivity contribution in [2.75, 3.05) is 0 Å². The first kappa shape index (κ1) is 24.4. The van der Waals surface area contributed by atoms with E-state index in [9.17, 15) is 0 Å². The number of nitrogens with zero attached hydrogens (tertiary/aromatic N) is 2. The summed E-state index contributed by atoms with van der Waals surface area (Å²) in [5, 5.41) is 0. The van der Waals surface area contributed by atoms with E-state index in [-0.39, 0.29) is 72.8 Å². The molecule has 2 heterocycles. The Balaban J connectivity index is -0.000000215. The van der Waals surface area contributed by atoms with Crippen molar-refractivity contribution >= 4 is 24.4 Å². The topological polar surface area (TPSA) is 57.4 Å². The second-order valence-electron chi connectivity index (χ2n) is 2.65. The molecule has 96 valence electrons. The van der Waals surface area contributed by atoms with Crippen molar-refractivity contribution in [2.45, 2.75) is 18.9 Å². The van der Waals surface area contributed by atoms with Crippen LogP contribution in [-0.4, -0.2) is 19.9 Å². The molecule has 4 nitrogen and oxygen atoms in total. The number of aromatic nitrogens is 4. The smallest absolute Gasteiger partial charge is 0.0921 e. The summed E-state index contributed by atoms with van der Waals surface area (Å²) in [5.41, 5.74) is 2.14.